The molecule has 102 valence electrons. The van der Waals surface area contributed by atoms with Gasteiger partial charge in [-0.25, -0.2) is 0 Å². The number of aliphatic hydroxyl groups is 2. The van der Waals surface area contributed by atoms with Gasteiger partial charge in [0.1, 0.15) is 23.7 Å². The Kier molecular flexibility index (Phi) is 3.53. The highest BCUT2D eigenvalue weighted by molar-refractivity contribution is 8.14. The lowest BCUT2D eigenvalue weighted by atomic mass is 9.97. The molecule has 2 fully saturated rings. The van der Waals surface area contributed by atoms with Crippen LogP contribution in [0.25, 0.3) is 0 Å². The zero-order valence-corrected chi connectivity index (χ0v) is 11.3. The van der Waals surface area contributed by atoms with Gasteiger partial charge in [0.05, 0.1) is 6.10 Å². The van der Waals surface area contributed by atoms with Gasteiger partial charge in [-0.05, 0) is 19.3 Å². The lowest BCUT2D eigenvalue weighted by molar-refractivity contribution is -0.153. The number of amidine groups is 1. The van der Waals surface area contributed by atoms with Crippen molar-refractivity contribution in [2.45, 2.75) is 56.0 Å². The van der Waals surface area contributed by atoms with Crippen LogP contribution in [-0.4, -0.2) is 63.2 Å². The number of nitrogens with zero attached hydrogens (tertiary/aromatic N) is 2. The van der Waals surface area contributed by atoms with Gasteiger partial charge in [-0.2, -0.15) is 0 Å². The molecule has 2 N–H and O–H groups in total. The second-order valence-electron chi connectivity index (χ2n) is 5.15. The van der Waals surface area contributed by atoms with Crippen LogP contribution in [0.5, 0.6) is 0 Å². The van der Waals surface area contributed by atoms with Crippen LogP contribution in [0.15, 0.2) is 4.99 Å². The first-order valence-corrected chi connectivity index (χ1v) is 7.59. The van der Waals surface area contributed by atoms with Gasteiger partial charge in [0.2, 0.25) is 0 Å². The van der Waals surface area contributed by atoms with Gasteiger partial charge in [-0.3, -0.25) is 4.99 Å². The molecule has 2 saturated heterocycles. The first-order chi connectivity index (χ1) is 8.70. The number of rotatable bonds is 1. The predicted octanol–water partition coefficient (Wildman–Crippen LogP) is 0.410. The van der Waals surface area contributed by atoms with Crippen LogP contribution in [-0.2, 0) is 4.74 Å². The first kappa shape index (κ1) is 12.7. The molecule has 3 aliphatic rings. The van der Waals surface area contributed by atoms with E-state index in [1.807, 2.05) is 6.92 Å². The average Bonchev–Trinajstić information content (AvgIpc) is 3.01. The number of fused-ring (bicyclic) bond motifs is 1. The van der Waals surface area contributed by atoms with Crippen LogP contribution >= 0.6 is 11.8 Å². The van der Waals surface area contributed by atoms with Gasteiger partial charge < -0.3 is 19.8 Å². The molecule has 0 aromatic rings. The minimum Gasteiger partial charge on any atom is -0.388 e. The molecule has 0 aromatic carbocycles. The van der Waals surface area contributed by atoms with E-state index in [1.54, 1.807) is 11.8 Å². The quantitative estimate of drug-likeness (QED) is 0.724. The molecule has 0 radical (unpaired) electrons. The van der Waals surface area contributed by atoms with Crippen LogP contribution < -0.4 is 0 Å². The van der Waals surface area contributed by atoms with E-state index in [-0.39, 0.29) is 17.6 Å². The predicted molar refractivity (Wildman–Crippen MR) is 70.6 cm³/mol. The molecular formula is C12H20N2O3S. The molecule has 5 unspecified atom stereocenters. The van der Waals surface area contributed by atoms with E-state index < -0.39 is 12.2 Å². The van der Waals surface area contributed by atoms with Crippen molar-refractivity contribution in [3.63, 3.8) is 0 Å². The number of thioether (sulfide) groups is 1. The standard InChI is InChI=1S/C12H20N2O3S/c1-2-7-9(15)10(16)8-11(17-7)18-12(13-8)14-5-3-4-6-14/h7-11,15-16H,2-6H2,1H3. The molecule has 0 bridgehead atoms. The maximum Gasteiger partial charge on any atom is 0.162 e. The number of hydrogen-bond donors (Lipinski definition) is 2. The van der Waals surface area contributed by atoms with Gasteiger partial charge in [-0.1, -0.05) is 18.7 Å². The molecule has 0 spiro atoms. The van der Waals surface area contributed by atoms with Crippen molar-refractivity contribution in [2.24, 2.45) is 4.99 Å². The number of aliphatic hydroxyl groups excluding tert-OH is 2. The van der Waals surface area contributed by atoms with Crippen molar-refractivity contribution in [1.29, 1.82) is 0 Å². The third-order valence-corrected chi connectivity index (χ3v) is 5.13. The fourth-order valence-electron chi connectivity index (χ4n) is 2.82. The smallest absolute Gasteiger partial charge is 0.162 e. The van der Waals surface area contributed by atoms with Gasteiger partial charge in [-0.15, -0.1) is 0 Å². The van der Waals surface area contributed by atoms with Gasteiger partial charge >= 0.3 is 0 Å². The summed E-state index contributed by atoms with van der Waals surface area (Å²) in [7, 11) is 0. The highest BCUT2D eigenvalue weighted by Crippen LogP contribution is 2.38. The number of ether oxygens (including phenoxy) is 1. The highest BCUT2D eigenvalue weighted by Gasteiger charge is 2.48. The van der Waals surface area contributed by atoms with E-state index in [0.29, 0.717) is 6.42 Å². The maximum absolute atomic E-state index is 10.1. The molecule has 18 heavy (non-hydrogen) atoms. The van der Waals surface area contributed by atoms with Crippen molar-refractivity contribution in [3.05, 3.63) is 0 Å². The van der Waals surface area contributed by atoms with Crippen LogP contribution in [0.1, 0.15) is 26.2 Å². The summed E-state index contributed by atoms with van der Waals surface area (Å²) in [5.74, 6) is 0. The van der Waals surface area contributed by atoms with Crippen molar-refractivity contribution in [2.75, 3.05) is 13.1 Å². The Labute approximate surface area is 111 Å². The number of hydrogen-bond acceptors (Lipinski definition) is 6. The molecule has 0 saturated carbocycles. The summed E-state index contributed by atoms with van der Waals surface area (Å²) in [4.78, 5) is 6.82. The molecule has 5 nitrogen and oxygen atoms in total. The van der Waals surface area contributed by atoms with E-state index in [1.165, 1.54) is 12.8 Å². The molecule has 5 atom stereocenters. The Morgan fingerprint density at radius 1 is 1.33 bits per heavy atom. The third kappa shape index (κ3) is 2.05. The zero-order valence-electron chi connectivity index (χ0n) is 10.5. The summed E-state index contributed by atoms with van der Waals surface area (Å²) in [6.07, 6.45) is 1.22. The maximum atomic E-state index is 10.1. The minimum atomic E-state index is -0.821. The molecule has 0 aliphatic carbocycles. The lowest BCUT2D eigenvalue weighted by Crippen LogP contribution is -2.54. The summed E-state index contributed by atoms with van der Waals surface area (Å²) in [5.41, 5.74) is -0.135. The molecule has 3 rings (SSSR count). The fourth-order valence-corrected chi connectivity index (χ4v) is 4.10. The van der Waals surface area contributed by atoms with Crippen molar-refractivity contribution >= 4 is 16.9 Å². The molecule has 0 amide bonds. The van der Waals surface area contributed by atoms with E-state index in [0.717, 1.165) is 18.3 Å². The zero-order chi connectivity index (χ0) is 12.7. The third-order valence-electron chi connectivity index (χ3n) is 3.93. The Morgan fingerprint density at radius 3 is 2.72 bits per heavy atom. The molecule has 6 heteroatoms. The lowest BCUT2D eigenvalue weighted by Gasteiger charge is -2.37. The van der Waals surface area contributed by atoms with E-state index in [4.69, 9.17) is 4.74 Å². The summed E-state index contributed by atoms with van der Waals surface area (Å²) in [6.45, 7) is 4.05. The van der Waals surface area contributed by atoms with Crippen molar-refractivity contribution < 1.29 is 14.9 Å². The summed E-state index contributed by atoms with van der Waals surface area (Å²) in [5, 5.41) is 21.1. The largest absolute Gasteiger partial charge is 0.388 e. The Morgan fingerprint density at radius 2 is 2.06 bits per heavy atom. The van der Waals surface area contributed by atoms with E-state index in [9.17, 15) is 10.2 Å². The summed E-state index contributed by atoms with van der Waals surface area (Å²) >= 11 is 1.60. The van der Waals surface area contributed by atoms with E-state index >= 15 is 0 Å². The Bertz CT molecular complexity index is 346. The number of aliphatic imine (C=N–C) groups is 1. The minimum absolute atomic E-state index is 0.135. The monoisotopic (exact) mass is 272 g/mol. The Balaban J connectivity index is 1.74. The molecule has 0 aromatic heterocycles. The normalized spacial score (nSPS) is 44.1. The topological polar surface area (TPSA) is 65.3 Å². The van der Waals surface area contributed by atoms with E-state index in [2.05, 4.69) is 9.89 Å². The molecule has 3 aliphatic heterocycles. The van der Waals surface area contributed by atoms with Crippen LogP contribution in [0, 0.1) is 0 Å². The van der Waals surface area contributed by atoms with Crippen molar-refractivity contribution in [3.8, 4) is 0 Å². The summed E-state index contributed by atoms with van der Waals surface area (Å²) in [6, 6.07) is -0.316. The van der Waals surface area contributed by atoms with Gasteiger partial charge in [0.25, 0.3) is 0 Å². The number of likely N-dealkylation sites (tertiary alicyclic amines) is 1. The van der Waals surface area contributed by atoms with Crippen molar-refractivity contribution in [1.82, 2.24) is 4.90 Å². The van der Waals surface area contributed by atoms with Crippen LogP contribution in [0.3, 0.4) is 0 Å². The van der Waals surface area contributed by atoms with Crippen LogP contribution in [0.4, 0.5) is 0 Å². The first-order valence-electron chi connectivity index (χ1n) is 6.71. The highest BCUT2D eigenvalue weighted by atomic mass is 32.2. The molecular weight excluding hydrogens is 252 g/mol. The second-order valence-corrected chi connectivity index (χ2v) is 6.21. The molecule has 3 heterocycles. The summed E-state index contributed by atoms with van der Waals surface area (Å²) < 4.78 is 5.84. The average molecular weight is 272 g/mol. The van der Waals surface area contributed by atoms with Crippen LogP contribution in [0.2, 0.25) is 0 Å². The second kappa shape index (κ2) is 5.00. The Hall–Kier alpha value is -0.300. The van der Waals surface area contributed by atoms with Gasteiger partial charge in [0.15, 0.2) is 5.17 Å². The van der Waals surface area contributed by atoms with Gasteiger partial charge in [0, 0.05) is 13.1 Å². The fraction of sp³-hybridized carbons (Fsp3) is 0.917. The SMILES string of the molecule is CCC1OC2SC(N3CCCC3)=NC2C(O)C1O.